The van der Waals surface area contributed by atoms with Gasteiger partial charge < -0.3 is 10.0 Å². The highest BCUT2D eigenvalue weighted by Crippen LogP contribution is 2.45. The lowest BCUT2D eigenvalue weighted by atomic mass is 9.94. The normalized spacial score (nSPS) is 11.8. The van der Waals surface area contributed by atoms with Crippen LogP contribution in [0.4, 0.5) is 5.69 Å². The summed E-state index contributed by atoms with van der Waals surface area (Å²) in [5, 5.41) is 11.2. The van der Waals surface area contributed by atoms with Crippen molar-refractivity contribution >= 4 is 60.5 Å². The molecule has 3 heterocycles. The number of aromatic hydroxyl groups is 1. The number of rotatable bonds is 9. The molecule has 238 valence electrons. The molecule has 0 saturated carbocycles. The molecular weight excluding hydrogens is 635 g/mol. The van der Waals surface area contributed by atoms with Crippen LogP contribution in [-0.2, 0) is 12.8 Å². The number of hydrogen-bond donors (Lipinski definition) is 1. The van der Waals surface area contributed by atoms with Gasteiger partial charge in [0, 0.05) is 55.6 Å². The van der Waals surface area contributed by atoms with Crippen LogP contribution in [0, 0.1) is 11.8 Å². The van der Waals surface area contributed by atoms with E-state index in [2.05, 4.69) is 105 Å². The van der Waals surface area contributed by atoms with Gasteiger partial charge in [0.15, 0.2) is 0 Å². The summed E-state index contributed by atoms with van der Waals surface area (Å²) in [6, 6.07) is 30.3. The van der Waals surface area contributed by atoms with Gasteiger partial charge in [0.05, 0.1) is 11.7 Å². The van der Waals surface area contributed by atoms with E-state index in [0.29, 0.717) is 11.8 Å². The maximum absolute atomic E-state index is 11.2. The van der Waals surface area contributed by atoms with Gasteiger partial charge in [-0.2, -0.15) is 8.75 Å². The third kappa shape index (κ3) is 6.45. The van der Waals surface area contributed by atoms with E-state index >= 15 is 0 Å². The van der Waals surface area contributed by atoms with Crippen LogP contribution in [0.25, 0.3) is 63.6 Å². The summed E-state index contributed by atoms with van der Waals surface area (Å²) in [7, 11) is 4.06. The minimum absolute atomic E-state index is 0.236. The number of anilines is 1. The molecule has 0 unspecified atom stereocenters. The van der Waals surface area contributed by atoms with Crippen LogP contribution in [-0.4, -0.2) is 27.9 Å². The molecule has 0 fully saturated rings. The zero-order chi connectivity index (χ0) is 32.8. The predicted molar refractivity (Wildman–Crippen MR) is 205 cm³/mol. The van der Waals surface area contributed by atoms with Crippen molar-refractivity contribution in [2.45, 2.75) is 40.5 Å². The van der Waals surface area contributed by atoms with Crippen LogP contribution in [0.5, 0.6) is 5.75 Å². The lowest BCUT2D eigenvalue weighted by Gasteiger charge is -2.13. The second-order valence-corrected chi connectivity index (χ2v) is 16.2. The summed E-state index contributed by atoms with van der Waals surface area (Å²) in [4.78, 5) is 4.60. The summed E-state index contributed by atoms with van der Waals surface area (Å²) in [6.45, 7) is 9.18. The zero-order valence-electron chi connectivity index (χ0n) is 27.7. The summed E-state index contributed by atoms with van der Waals surface area (Å²) >= 11 is 4.91. The lowest BCUT2D eigenvalue weighted by Crippen LogP contribution is -2.07. The van der Waals surface area contributed by atoms with Crippen molar-refractivity contribution in [3.8, 4) is 48.9 Å². The van der Waals surface area contributed by atoms with Crippen LogP contribution in [0.1, 0.15) is 38.8 Å². The van der Waals surface area contributed by atoms with Crippen molar-refractivity contribution in [2.24, 2.45) is 11.8 Å². The molecular formula is C40H39N3OS3. The smallest absolute Gasteiger partial charge is 0.124 e. The zero-order valence-corrected chi connectivity index (χ0v) is 30.1. The van der Waals surface area contributed by atoms with Gasteiger partial charge in [-0.05, 0) is 88.9 Å². The second kappa shape index (κ2) is 12.9. The maximum Gasteiger partial charge on any atom is 0.124 e. The maximum atomic E-state index is 11.2. The van der Waals surface area contributed by atoms with Gasteiger partial charge in [0.1, 0.15) is 16.8 Å². The summed E-state index contributed by atoms with van der Waals surface area (Å²) < 4.78 is 12.0. The van der Waals surface area contributed by atoms with E-state index in [4.69, 9.17) is 8.75 Å². The third-order valence-electron chi connectivity index (χ3n) is 8.52. The number of benzene rings is 4. The van der Waals surface area contributed by atoms with Crippen LogP contribution >= 0.6 is 34.4 Å². The van der Waals surface area contributed by atoms with Crippen LogP contribution in [0.15, 0.2) is 84.9 Å². The van der Waals surface area contributed by atoms with Crippen LogP contribution in [0.3, 0.4) is 0 Å². The number of hydrogen-bond acceptors (Lipinski definition) is 7. The molecule has 0 spiro atoms. The molecule has 0 amide bonds. The molecule has 0 aliphatic carbocycles. The van der Waals surface area contributed by atoms with E-state index < -0.39 is 0 Å². The fourth-order valence-corrected chi connectivity index (χ4v) is 9.35. The van der Waals surface area contributed by atoms with Crippen molar-refractivity contribution < 1.29 is 5.11 Å². The fraction of sp³-hybridized carbons (Fsp3) is 0.250. The van der Waals surface area contributed by atoms with Crippen molar-refractivity contribution in [3.63, 3.8) is 0 Å². The molecule has 0 radical (unpaired) electrons. The average Bonchev–Trinajstić information content (AvgIpc) is 3.76. The predicted octanol–water partition coefficient (Wildman–Crippen LogP) is 11.8. The third-order valence-corrected chi connectivity index (χ3v) is 11.4. The van der Waals surface area contributed by atoms with E-state index in [1.54, 1.807) is 0 Å². The van der Waals surface area contributed by atoms with Gasteiger partial charge in [0.25, 0.3) is 0 Å². The van der Waals surface area contributed by atoms with E-state index in [9.17, 15) is 5.11 Å². The van der Waals surface area contributed by atoms with Crippen LogP contribution < -0.4 is 4.90 Å². The monoisotopic (exact) mass is 673 g/mol. The summed E-state index contributed by atoms with van der Waals surface area (Å²) in [5.41, 5.74) is 11.8. The average molecular weight is 674 g/mol. The van der Waals surface area contributed by atoms with Gasteiger partial charge in [-0.3, -0.25) is 0 Å². The Balaban J connectivity index is 1.20. The second-order valence-electron chi connectivity index (χ2n) is 13.5. The topological polar surface area (TPSA) is 49.2 Å². The number of nitrogens with zero attached hydrogens (tertiary/aromatic N) is 3. The molecule has 1 N–H and O–H groups in total. The number of phenols is 1. The molecule has 7 aromatic rings. The standard InChI is InChI=1S/C40H39N3OS3/c1-23(2)15-25-17-26(16-24(3)4)19-29(18-25)35-21-37-38(45-35)22-36(46-37)33-14-13-32(39-40(33)42-47-41-39)31-12-9-28(20-34(31)44)27-7-10-30(11-8-27)43(5)6/h7-14,17-24,44H,15-16H2,1-6H3. The summed E-state index contributed by atoms with van der Waals surface area (Å²) in [5.74, 6) is 1.49. The summed E-state index contributed by atoms with van der Waals surface area (Å²) in [6.07, 6.45) is 2.20. The number of phenolic OH excluding ortho intramolecular Hbond substituents is 1. The number of fused-ring (bicyclic) bond motifs is 2. The van der Waals surface area contributed by atoms with Crippen molar-refractivity contribution in [1.82, 2.24) is 8.75 Å². The highest BCUT2D eigenvalue weighted by atomic mass is 32.1. The van der Waals surface area contributed by atoms with Crippen molar-refractivity contribution in [3.05, 3.63) is 96.1 Å². The first-order valence-corrected chi connectivity index (χ1v) is 18.5. The molecule has 4 nitrogen and oxygen atoms in total. The Morgan fingerprint density at radius 3 is 1.77 bits per heavy atom. The highest BCUT2D eigenvalue weighted by Gasteiger charge is 2.19. The Morgan fingerprint density at radius 1 is 0.596 bits per heavy atom. The fourth-order valence-electron chi connectivity index (χ4n) is 6.37. The SMILES string of the molecule is CC(C)Cc1cc(CC(C)C)cc(-c2cc3sc(-c4ccc(-c5ccc(-c6ccc(N(C)C)cc6)cc5O)c5nsnc45)cc3s2)c1. The van der Waals surface area contributed by atoms with E-state index in [1.807, 2.05) is 48.9 Å². The Kier molecular flexibility index (Phi) is 8.64. The molecule has 0 saturated heterocycles. The van der Waals surface area contributed by atoms with Gasteiger partial charge in [-0.25, -0.2) is 0 Å². The molecule has 3 aromatic heterocycles. The quantitative estimate of drug-likeness (QED) is 0.166. The van der Waals surface area contributed by atoms with E-state index in [1.165, 1.54) is 47.6 Å². The first-order valence-electron chi connectivity index (χ1n) is 16.2. The Labute approximate surface area is 289 Å². The molecule has 0 aliphatic heterocycles. The molecule has 7 heteroatoms. The molecule has 4 aromatic carbocycles. The van der Waals surface area contributed by atoms with Gasteiger partial charge in [-0.1, -0.05) is 76.2 Å². The van der Waals surface area contributed by atoms with Crippen LogP contribution in [0.2, 0.25) is 0 Å². The molecule has 0 bridgehead atoms. The van der Waals surface area contributed by atoms with Gasteiger partial charge >= 0.3 is 0 Å². The molecule has 0 atom stereocenters. The van der Waals surface area contributed by atoms with Crippen molar-refractivity contribution in [1.29, 1.82) is 0 Å². The lowest BCUT2D eigenvalue weighted by molar-refractivity contribution is 0.477. The van der Waals surface area contributed by atoms with Gasteiger partial charge in [-0.15, -0.1) is 22.7 Å². The van der Waals surface area contributed by atoms with E-state index in [0.717, 1.165) is 57.4 Å². The van der Waals surface area contributed by atoms with Crippen molar-refractivity contribution in [2.75, 3.05) is 19.0 Å². The first-order chi connectivity index (χ1) is 22.6. The number of aromatic nitrogens is 2. The minimum Gasteiger partial charge on any atom is -0.507 e. The Morgan fingerprint density at radius 2 is 1.15 bits per heavy atom. The molecule has 47 heavy (non-hydrogen) atoms. The number of thiophene rings is 2. The Bertz CT molecular complexity index is 2140. The highest BCUT2D eigenvalue weighted by molar-refractivity contribution is 7.31. The Hall–Kier alpha value is -4.04. The first kappa shape index (κ1) is 31.6. The molecule has 7 rings (SSSR count). The van der Waals surface area contributed by atoms with E-state index in [-0.39, 0.29) is 5.75 Å². The molecule has 0 aliphatic rings. The van der Waals surface area contributed by atoms with Gasteiger partial charge in [0.2, 0.25) is 0 Å². The minimum atomic E-state index is 0.236. The largest absolute Gasteiger partial charge is 0.507 e.